The van der Waals surface area contributed by atoms with Crippen molar-refractivity contribution in [3.8, 4) is 0 Å². The molecule has 1 amide bonds. The van der Waals surface area contributed by atoms with Crippen molar-refractivity contribution in [3.63, 3.8) is 0 Å². The molecule has 0 spiro atoms. The summed E-state index contributed by atoms with van der Waals surface area (Å²) in [6.45, 7) is 8.65. The second-order valence-electron chi connectivity index (χ2n) is 7.23. The first-order chi connectivity index (χ1) is 10.5. The first-order valence-corrected chi connectivity index (χ1v) is 8.21. The van der Waals surface area contributed by atoms with Gasteiger partial charge in [-0.15, -0.1) is 0 Å². The molecular weight excluding hydrogens is 276 g/mol. The quantitative estimate of drug-likeness (QED) is 0.924. The minimum Gasteiger partial charge on any atom is -0.356 e. The van der Waals surface area contributed by atoms with E-state index in [1.165, 1.54) is 6.42 Å². The first-order valence-electron chi connectivity index (χ1n) is 8.21. The van der Waals surface area contributed by atoms with Gasteiger partial charge in [0.1, 0.15) is 5.82 Å². The third kappa shape index (κ3) is 2.95. The van der Waals surface area contributed by atoms with Crippen LogP contribution in [0.5, 0.6) is 0 Å². The molecule has 0 saturated carbocycles. The highest BCUT2D eigenvalue weighted by Gasteiger charge is 2.35. The van der Waals surface area contributed by atoms with Crippen LogP contribution < -0.4 is 10.6 Å². The third-order valence-corrected chi connectivity index (χ3v) is 5.08. The number of likely N-dealkylation sites (tertiary alicyclic amines) is 1. The van der Waals surface area contributed by atoms with Crippen molar-refractivity contribution in [3.05, 3.63) is 23.9 Å². The van der Waals surface area contributed by atoms with Crippen molar-refractivity contribution in [2.75, 3.05) is 37.6 Å². The molecule has 2 aliphatic heterocycles. The number of carbonyl (C=O) groups excluding carboxylic acids is 1. The van der Waals surface area contributed by atoms with E-state index < -0.39 is 0 Å². The number of hydrogen-bond donors (Lipinski definition) is 1. The molecule has 5 nitrogen and oxygen atoms in total. The van der Waals surface area contributed by atoms with Gasteiger partial charge < -0.3 is 15.5 Å². The van der Waals surface area contributed by atoms with E-state index in [9.17, 15) is 4.79 Å². The summed E-state index contributed by atoms with van der Waals surface area (Å²) in [6, 6.07) is 3.77. The second kappa shape index (κ2) is 5.88. The van der Waals surface area contributed by atoms with Crippen LogP contribution in [-0.4, -0.2) is 48.5 Å². The van der Waals surface area contributed by atoms with Gasteiger partial charge in [0.2, 0.25) is 0 Å². The number of carbonyl (C=O) groups is 1. The summed E-state index contributed by atoms with van der Waals surface area (Å²) in [5, 5.41) is 0. The fraction of sp³-hybridized carbons (Fsp3) is 0.647. The van der Waals surface area contributed by atoms with E-state index in [-0.39, 0.29) is 11.3 Å². The molecular formula is C17H26N4O. The van der Waals surface area contributed by atoms with Crippen LogP contribution in [0.3, 0.4) is 0 Å². The molecule has 1 aromatic rings. The molecule has 0 aliphatic carbocycles. The molecule has 2 fully saturated rings. The van der Waals surface area contributed by atoms with Gasteiger partial charge in [-0.05, 0) is 42.9 Å². The lowest BCUT2D eigenvalue weighted by atomic mass is 9.90. The SMILES string of the molecule is CC1CCN(c2cc(C(=O)N3CCC(C)(CN)C3)ccn2)C1. The maximum atomic E-state index is 12.7. The Labute approximate surface area is 132 Å². The highest BCUT2D eigenvalue weighted by Crippen LogP contribution is 2.30. The molecule has 1 aromatic heterocycles. The van der Waals surface area contributed by atoms with Crippen LogP contribution in [0.2, 0.25) is 0 Å². The van der Waals surface area contributed by atoms with Crippen molar-refractivity contribution >= 4 is 11.7 Å². The Hall–Kier alpha value is -1.62. The van der Waals surface area contributed by atoms with Gasteiger partial charge >= 0.3 is 0 Å². The molecule has 5 heteroatoms. The lowest BCUT2D eigenvalue weighted by Gasteiger charge is -2.23. The average molecular weight is 302 g/mol. The van der Waals surface area contributed by atoms with Crippen LogP contribution in [0.15, 0.2) is 18.3 Å². The summed E-state index contributed by atoms with van der Waals surface area (Å²) >= 11 is 0. The molecule has 2 N–H and O–H groups in total. The summed E-state index contributed by atoms with van der Waals surface area (Å²) in [6.07, 6.45) is 3.93. The minimum absolute atomic E-state index is 0.0654. The topological polar surface area (TPSA) is 62.5 Å². The molecule has 3 rings (SSSR count). The number of amides is 1. The van der Waals surface area contributed by atoms with Crippen LogP contribution in [-0.2, 0) is 0 Å². The van der Waals surface area contributed by atoms with Crippen molar-refractivity contribution < 1.29 is 4.79 Å². The Kier molecular flexibility index (Phi) is 4.08. The summed E-state index contributed by atoms with van der Waals surface area (Å²) in [5.74, 6) is 1.73. The summed E-state index contributed by atoms with van der Waals surface area (Å²) in [7, 11) is 0. The maximum Gasteiger partial charge on any atom is 0.254 e. The monoisotopic (exact) mass is 302 g/mol. The molecule has 3 heterocycles. The number of hydrogen-bond acceptors (Lipinski definition) is 4. The van der Waals surface area contributed by atoms with E-state index in [2.05, 4.69) is 23.7 Å². The van der Waals surface area contributed by atoms with Crippen molar-refractivity contribution in [1.29, 1.82) is 0 Å². The van der Waals surface area contributed by atoms with E-state index in [1.54, 1.807) is 6.20 Å². The zero-order valence-electron chi connectivity index (χ0n) is 13.6. The summed E-state index contributed by atoms with van der Waals surface area (Å²) in [5.41, 5.74) is 6.64. The number of rotatable bonds is 3. The van der Waals surface area contributed by atoms with E-state index in [4.69, 9.17) is 5.73 Å². The van der Waals surface area contributed by atoms with Gasteiger partial charge in [-0.25, -0.2) is 4.98 Å². The molecule has 0 radical (unpaired) electrons. The van der Waals surface area contributed by atoms with Gasteiger partial charge in [0, 0.05) is 37.9 Å². The largest absolute Gasteiger partial charge is 0.356 e. The fourth-order valence-corrected chi connectivity index (χ4v) is 3.41. The van der Waals surface area contributed by atoms with Crippen LogP contribution in [0.1, 0.15) is 37.0 Å². The number of nitrogens with zero attached hydrogens (tertiary/aromatic N) is 3. The summed E-state index contributed by atoms with van der Waals surface area (Å²) in [4.78, 5) is 21.4. The maximum absolute atomic E-state index is 12.7. The fourth-order valence-electron chi connectivity index (χ4n) is 3.41. The third-order valence-electron chi connectivity index (χ3n) is 5.08. The molecule has 0 aromatic carbocycles. The van der Waals surface area contributed by atoms with Crippen molar-refractivity contribution in [2.45, 2.75) is 26.7 Å². The van der Waals surface area contributed by atoms with Gasteiger partial charge in [-0.3, -0.25) is 4.79 Å². The van der Waals surface area contributed by atoms with Gasteiger partial charge in [0.05, 0.1) is 0 Å². The molecule has 120 valence electrons. The van der Waals surface area contributed by atoms with Crippen LogP contribution in [0.4, 0.5) is 5.82 Å². The van der Waals surface area contributed by atoms with Gasteiger partial charge in [-0.2, -0.15) is 0 Å². The summed E-state index contributed by atoms with van der Waals surface area (Å²) < 4.78 is 0. The normalized spacial score (nSPS) is 28.4. The van der Waals surface area contributed by atoms with Gasteiger partial charge in [-0.1, -0.05) is 13.8 Å². The number of nitrogens with two attached hydrogens (primary N) is 1. The van der Waals surface area contributed by atoms with Crippen molar-refractivity contribution in [2.24, 2.45) is 17.1 Å². The zero-order chi connectivity index (χ0) is 15.7. The Morgan fingerprint density at radius 1 is 1.50 bits per heavy atom. The molecule has 0 bridgehead atoms. The highest BCUT2D eigenvalue weighted by atomic mass is 16.2. The average Bonchev–Trinajstić information content (AvgIpc) is 3.14. The Balaban J connectivity index is 1.74. The first kappa shape index (κ1) is 15.3. The zero-order valence-corrected chi connectivity index (χ0v) is 13.6. The van der Waals surface area contributed by atoms with Gasteiger partial charge in [0.25, 0.3) is 5.91 Å². The van der Waals surface area contributed by atoms with Crippen LogP contribution in [0.25, 0.3) is 0 Å². The van der Waals surface area contributed by atoms with Crippen LogP contribution in [0, 0.1) is 11.3 Å². The second-order valence-corrected chi connectivity index (χ2v) is 7.23. The number of anilines is 1. The molecule has 2 unspecified atom stereocenters. The van der Waals surface area contributed by atoms with E-state index >= 15 is 0 Å². The predicted molar refractivity (Wildman–Crippen MR) is 87.9 cm³/mol. The number of aromatic nitrogens is 1. The van der Waals surface area contributed by atoms with Crippen LogP contribution >= 0.6 is 0 Å². The minimum atomic E-state index is 0.0654. The highest BCUT2D eigenvalue weighted by molar-refractivity contribution is 5.95. The molecule has 2 atom stereocenters. The standard InChI is InChI=1S/C17H26N4O/c1-13-4-7-20(10-13)15-9-14(3-6-19-15)16(22)21-8-5-17(2,11-18)12-21/h3,6,9,13H,4-5,7-8,10-12,18H2,1-2H3. The Bertz CT molecular complexity index is 561. The van der Waals surface area contributed by atoms with Gasteiger partial charge in [0.15, 0.2) is 0 Å². The van der Waals surface area contributed by atoms with E-state index in [0.717, 1.165) is 44.0 Å². The molecule has 2 aliphatic rings. The number of pyridine rings is 1. The van der Waals surface area contributed by atoms with Crippen molar-refractivity contribution in [1.82, 2.24) is 9.88 Å². The lowest BCUT2D eigenvalue weighted by Crippen LogP contribution is -2.34. The van der Waals surface area contributed by atoms with E-state index in [1.807, 2.05) is 17.0 Å². The molecule has 2 saturated heterocycles. The predicted octanol–water partition coefficient (Wildman–Crippen LogP) is 1.74. The smallest absolute Gasteiger partial charge is 0.254 e. The molecule has 22 heavy (non-hydrogen) atoms. The van der Waals surface area contributed by atoms with E-state index in [0.29, 0.717) is 12.5 Å². The Morgan fingerprint density at radius 3 is 2.95 bits per heavy atom. The Morgan fingerprint density at radius 2 is 2.32 bits per heavy atom. The lowest BCUT2D eigenvalue weighted by molar-refractivity contribution is 0.0777.